The first-order valence-corrected chi connectivity index (χ1v) is 6.41. The molecular weight excluding hydrogens is 280 g/mol. The van der Waals surface area contributed by atoms with Crippen molar-refractivity contribution in [3.63, 3.8) is 0 Å². The van der Waals surface area contributed by atoms with E-state index in [0.717, 1.165) is 17.4 Å². The first-order chi connectivity index (χ1) is 7.13. The van der Waals surface area contributed by atoms with E-state index in [2.05, 4.69) is 26.2 Å². The zero-order valence-corrected chi connectivity index (χ0v) is 10.8. The van der Waals surface area contributed by atoms with Crippen LogP contribution in [0.2, 0.25) is 0 Å². The monoisotopic (exact) mass is 292 g/mol. The summed E-state index contributed by atoms with van der Waals surface area (Å²) in [5, 5.41) is 14.3. The Kier molecular flexibility index (Phi) is 5.04. The normalized spacial score (nSPS) is 12.4. The third kappa shape index (κ3) is 4.17. The molecule has 0 saturated carbocycles. The fourth-order valence-corrected chi connectivity index (χ4v) is 2.33. The van der Waals surface area contributed by atoms with Crippen molar-refractivity contribution in [1.29, 1.82) is 0 Å². The SMILES string of the molecule is CCCCC(Nc1nc(Br)cs1)C(=O)O. The summed E-state index contributed by atoms with van der Waals surface area (Å²) >= 11 is 4.62. The number of anilines is 1. The number of aliphatic carboxylic acids is 1. The Morgan fingerprint density at radius 2 is 2.53 bits per heavy atom. The van der Waals surface area contributed by atoms with E-state index in [1.807, 2.05) is 12.3 Å². The van der Waals surface area contributed by atoms with Gasteiger partial charge in [0.2, 0.25) is 0 Å². The minimum absolute atomic E-state index is 0.539. The molecule has 0 amide bonds. The summed E-state index contributed by atoms with van der Waals surface area (Å²) in [5.74, 6) is -0.824. The molecule has 2 N–H and O–H groups in total. The lowest BCUT2D eigenvalue weighted by atomic mass is 10.1. The van der Waals surface area contributed by atoms with Gasteiger partial charge in [-0.05, 0) is 22.4 Å². The van der Waals surface area contributed by atoms with Crippen LogP contribution in [-0.4, -0.2) is 22.1 Å². The van der Waals surface area contributed by atoms with Crippen LogP contribution < -0.4 is 5.32 Å². The Morgan fingerprint density at radius 1 is 1.80 bits per heavy atom. The molecule has 0 fully saturated rings. The number of unbranched alkanes of at least 4 members (excludes halogenated alkanes) is 1. The van der Waals surface area contributed by atoms with Gasteiger partial charge < -0.3 is 10.4 Å². The van der Waals surface area contributed by atoms with Gasteiger partial charge in [-0.1, -0.05) is 19.8 Å². The van der Waals surface area contributed by atoms with Crippen molar-refractivity contribution in [2.75, 3.05) is 5.32 Å². The molecule has 0 aliphatic rings. The lowest BCUT2D eigenvalue weighted by molar-refractivity contribution is -0.138. The smallest absolute Gasteiger partial charge is 0.326 e. The van der Waals surface area contributed by atoms with Crippen molar-refractivity contribution in [1.82, 2.24) is 4.98 Å². The number of carbonyl (C=O) groups is 1. The van der Waals surface area contributed by atoms with Crippen LogP contribution in [0.15, 0.2) is 9.98 Å². The summed E-state index contributed by atoms with van der Waals surface area (Å²) in [6.07, 6.45) is 2.52. The minimum Gasteiger partial charge on any atom is -0.480 e. The van der Waals surface area contributed by atoms with Gasteiger partial charge in [0.15, 0.2) is 5.13 Å². The van der Waals surface area contributed by atoms with Crippen LogP contribution in [0.1, 0.15) is 26.2 Å². The van der Waals surface area contributed by atoms with E-state index >= 15 is 0 Å². The number of halogens is 1. The van der Waals surface area contributed by atoms with Gasteiger partial charge >= 0.3 is 5.97 Å². The number of aromatic nitrogens is 1. The molecule has 0 aromatic carbocycles. The maximum Gasteiger partial charge on any atom is 0.326 e. The topological polar surface area (TPSA) is 62.2 Å². The summed E-state index contributed by atoms with van der Waals surface area (Å²) in [7, 11) is 0. The van der Waals surface area contributed by atoms with Gasteiger partial charge in [0, 0.05) is 5.38 Å². The summed E-state index contributed by atoms with van der Waals surface area (Å²) in [6, 6.07) is -0.539. The van der Waals surface area contributed by atoms with Crippen LogP contribution in [0.5, 0.6) is 0 Å². The number of nitrogens with one attached hydrogen (secondary N) is 1. The van der Waals surface area contributed by atoms with Crippen molar-refractivity contribution >= 4 is 38.4 Å². The molecule has 1 aromatic heterocycles. The zero-order valence-electron chi connectivity index (χ0n) is 8.36. The molecule has 1 rings (SSSR count). The third-order valence-electron chi connectivity index (χ3n) is 1.92. The fourth-order valence-electron chi connectivity index (χ4n) is 1.14. The van der Waals surface area contributed by atoms with Crippen LogP contribution in [0.3, 0.4) is 0 Å². The molecule has 0 aliphatic heterocycles. The Balaban J connectivity index is 2.54. The van der Waals surface area contributed by atoms with Crippen LogP contribution in [-0.2, 0) is 4.79 Å². The molecule has 0 saturated heterocycles. The molecule has 1 atom stereocenters. The van der Waals surface area contributed by atoms with Crippen LogP contribution in [0.25, 0.3) is 0 Å². The van der Waals surface area contributed by atoms with E-state index in [9.17, 15) is 4.79 Å². The molecule has 0 aliphatic carbocycles. The Bertz CT molecular complexity index is 330. The van der Waals surface area contributed by atoms with Crippen LogP contribution >= 0.6 is 27.3 Å². The van der Waals surface area contributed by atoms with E-state index in [0.29, 0.717) is 11.6 Å². The summed E-state index contributed by atoms with van der Waals surface area (Å²) in [5.41, 5.74) is 0. The zero-order chi connectivity index (χ0) is 11.3. The van der Waals surface area contributed by atoms with E-state index in [-0.39, 0.29) is 0 Å². The number of hydrogen-bond acceptors (Lipinski definition) is 4. The largest absolute Gasteiger partial charge is 0.480 e. The quantitative estimate of drug-likeness (QED) is 0.846. The molecule has 6 heteroatoms. The highest BCUT2D eigenvalue weighted by atomic mass is 79.9. The summed E-state index contributed by atoms with van der Waals surface area (Å²) in [4.78, 5) is 15.0. The highest BCUT2D eigenvalue weighted by molar-refractivity contribution is 9.10. The second-order valence-electron chi connectivity index (χ2n) is 3.15. The van der Waals surface area contributed by atoms with Gasteiger partial charge in [-0.2, -0.15) is 0 Å². The van der Waals surface area contributed by atoms with Gasteiger partial charge in [0.25, 0.3) is 0 Å². The third-order valence-corrected chi connectivity index (χ3v) is 3.40. The molecule has 15 heavy (non-hydrogen) atoms. The van der Waals surface area contributed by atoms with Crippen molar-refractivity contribution in [2.45, 2.75) is 32.2 Å². The van der Waals surface area contributed by atoms with E-state index in [1.165, 1.54) is 11.3 Å². The van der Waals surface area contributed by atoms with Gasteiger partial charge in [-0.3, -0.25) is 0 Å². The standard InChI is InChI=1S/C9H13BrN2O2S/c1-2-3-4-6(8(13)14)11-9-12-7(10)5-15-9/h5-6H,2-4H2,1H3,(H,11,12)(H,13,14). The predicted molar refractivity (Wildman–Crippen MR) is 64.4 cm³/mol. The molecule has 4 nitrogen and oxygen atoms in total. The molecule has 0 spiro atoms. The van der Waals surface area contributed by atoms with Gasteiger partial charge in [0.1, 0.15) is 10.6 Å². The highest BCUT2D eigenvalue weighted by Crippen LogP contribution is 2.21. The summed E-state index contributed by atoms with van der Waals surface area (Å²) in [6.45, 7) is 2.04. The molecule has 1 unspecified atom stereocenters. The molecule has 1 heterocycles. The molecule has 0 radical (unpaired) electrons. The van der Waals surface area contributed by atoms with Gasteiger partial charge in [0.05, 0.1) is 0 Å². The lowest BCUT2D eigenvalue weighted by Gasteiger charge is -2.12. The fraction of sp³-hybridized carbons (Fsp3) is 0.556. The second-order valence-corrected chi connectivity index (χ2v) is 4.82. The Hall–Kier alpha value is -0.620. The average Bonchev–Trinajstić information content (AvgIpc) is 2.58. The number of nitrogens with zero attached hydrogens (tertiary/aromatic N) is 1. The minimum atomic E-state index is -0.824. The maximum atomic E-state index is 10.9. The van der Waals surface area contributed by atoms with Gasteiger partial charge in [-0.25, -0.2) is 9.78 Å². The number of hydrogen-bond donors (Lipinski definition) is 2. The van der Waals surface area contributed by atoms with E-state index in [4.69, 9.17) is 5.11 Å². The van der Waals surface area contributed by atoms with Crippen molar-refractivity contribution < 1.29 is 9.90 Å². The van der Waals surface area contributed by atoms with Gasteiger partial charge in [-0.15, -0.1) is 11.3 Å². The van der Waals surface area contributed by atoms with Crippen molar-refractivity contribution in [3.8, 4) is 0 Å². The number of rotatable bonds is 6. The summed E-state index contributed by atoms with van der Waals surface area (Å²) < 4.78 is 0.731. The first-order valence-electron chi connectivity index (χ1n) is 4.74. The van der Waals surface area contributed by atoms with E-state index < -0.39 is 12.0 Å². The Labute approximate surface area is 101 Å². The van der Waals surface area contributed by atoms with Crippen molar-refractivity contribution in [3.05, 3.63) is 9.98 Å². The second kappa shape index (κ2) is 6.07. The first kappa shape index (κ1) is 12.4. The number of thiazole rings is 1. The predicted octanol–water partition coefficient (Wildman–Crippen LogP) is 2.96. The molecule has 0 bridgehead atoms. The van der Waals surface area contributed by atoms with Crippen LogP contribution in [0.4, 0.5) is 5.13 Å². The molecular formula is C9H13BrN2O2S. The Morgan fingerprint density at radius 3 is 3.00 bits per heavy atom. The highest BCUT2D eigenvalue weighted by Gasteiger charge is 2.17. The van der Waals surface area contributed by atoms with Crippen molar-refractivity contribution in [2.24, 2.45) is 0 Å². The maximum absolute atomic E-state index is 10.9. The molecule has 1 aromatic rings. The van der Waals surface area contributed by atoms with Crippen LogP contribution in [0, 0.1) is 0 Å². The lowest BCUT2D eigenvalue weighted by Crippen LogP contribution is -2.29. The number of carboxylic acids is 1. The average molecular weight is 293 g/mol. The number of carboxylic acid groups (broad SMARTS) is 1. The van der Waals surface area contributed by atoms with E-state index in [1.54, 1.807) is 0 Å². The molecule has 84 valence electrons.